The van der Waals surface area contributed by atoms with Crippen LogP contribution in [0.25, 0.3) is 0 Å². The van der Waals surface area contributed by atoms with E-state index < -0.39 is 0 Å². The quantitative estimate of drug-likeness (QED) is 0.514. The van der Waals surface area contributed by atoms with E-state index in [-0.39, 0.29) is 5.97 Å². The predicted molar refractivity (Wildman–Crippen MR) is 48.0 cm³/mol. The van der Waals surface area contributed by atoms with Crippen LogP contribution in [0.1, 0.15) is 17.3 Å². The summed E-state index contributed by atoms with van der Waals surface area (Å²) in [5.74, 6) is -0.299. The van der Waals surface area contributed by atoms with Gasteiger partial charge in [-0.15, -0.1) is 0 Å². The zero-order chi connectivity index (χ0) is 8.97. The number of benzene rings is 1. The van der Waals surface area contributed by atoms with Crippen LogP contribution in [0, 0.1) is 0 Å². The first-order valence-electron chi connectivity index (χ1n) is 3.68. The molecule has 0 heterocycles. The van der Waals surface area contributed by atoms with Gasteiger partial charge in [-0.2, -0.15) is 4.90 Å². The van der Waals surface area contributed by atoms with E-state index in [1.165, 1.54) is 0 Å². The topological polar surface area (TPSA) is 26.3 Å². The van der Waals surface area contributed by atoms with Crippen molar-refractivity contribution in [2.75, 3.05) is 6.61 Å². The first-order valence-corrected chi connectivity index (χ1v) is 4.09. The number of hydrogen-bond acceptors (Lipinski definition) is 3. The molecular formula is C9H9O2S-. The van der Waals surface area contributed by atoms with Gasteiger partial charge in [0.25, 0.3) is 0 Å². The van der Waals surface area contributed by atoms with Crippen molar-refractivity contribution in [1.29, 1.82) is 0 Å². The molecule has 0 unspecified atom stereocenters. The van der Waals surface area contributed by atoms with Gasteiger partial charge in [0.15, 0.2) is 0 Å². The monoisotopic (exact) mass is 181 g/mol. The van der Waals surface area contributed by atoms with Gasteiger partial charge < -0.3 is 17.4 Å². The summed E-state index contributed by atoms with van der Waals surface area (Å²) in [4.78, 5) is 11.8. The molecule has 3 heteroatoms. The molecule has 0 N–H and O–H groups in total. The highest BCUT2D eigenvalue weighted by Crippen LogP contribution is 2.04. The lowest BCUT2D eigenvalue weighted by Crippen LogP contribution is -2.03. The Morgan fingerprint density at radius 1 is 1.42 bits per heavy atom. The Bertz CT molecular complexity index is 266. The molecule has 0 aliphatic heterocycles. The van der Waals surface area contributed by atoms with E-state index in [2.05, 4.69) is 0 Å². The lowest BCUT2D eigenvalue weighted by Gasteiger charge is -2.05. The van der Waals surface area contributed by atoms with Crippen molar-refractivity contribution in [3.05, 3.63) is 29.8 Å². The third-order valence-corrected chi connectivity index (χ3v) is 1.64. The van der Waals surface area contributed by atoms with Crippen LogP contribution in [0.2, 0.25) is 0 Å². The standard InChI is InChI=1S/C9H10O2S/c1-2-11-9(10)7-3-5-8(12)6-4-7/h3-6,12H,2H2,1H3/p-1. The maximum Gasteiger partial charge on any atom is 0.338 e. The molecule has 0 saturated heterocycles. The van der Waals surface area contributed by atoms with Crippen LogP contribution in [-0.2, 0) is 17.4 Å². The third-order valence-electron chi connectivity index (χ3n) is 1.37. The maximum atomic E-state index is 11.1. The SMILES string of the molecule is CCOC(=O)c1ccc([S-])cc1. The Hall–Kier alpha value is -1.09. The molecule has 0 aliphatic rings. The van der Waals surface area contributed by atoms with Gasteiger partial charge in [0.1, 0.15) is 0 Å². The normalized spacial score (nSPS) is 9.42. The molecule has 0 aliphatic carbocycles. The Morgan fingerprint density at radius 2 is 2.00 bits per heavy atom. The van der Waals surface area contributed by atoms with E-state index in [0.29, 0.717) is 12.2 Å². The van der Waals surface area contributed by atoms with Crippen molar-refractivity contribution >= 4 is 18.6 Å². The van der Waals surface area contributed by atoms with Crippen molar-refractivity contribution in [2.45, 2.75) is 11.8 Å². The first kappa shape index (κ1) is 9.00. The molecule has 0 fully saturated rings. The molecule has 12 heavy (non-hydrogen) atoms. The smallest absolute Gasteiger partial charge is 0.338 e. The highest BCUT2D eigenvalue weighted by atomic mass is 32.1. The molecule has 0 bridgehead atoms. The molecule has 64 valence electrons. The van der Waals surface area contributed by atoms with E-state index in [0.717, 1.165) is 4.90 Å². The van der Waals surface area contributed by atoms with E-state index in [1.54, 1.807) is 31.2 Å². The van der Waals surface area contributed by atoms with Crippen molar-refractivity contribution in [2.24, 2.45) is 0 Å². The van der Waals surface area contributed by atoms with Crippen LogP contribution in [0.4, 0.5) is 0 Å². The summed E-state index contributed by atoms with van der Waals surface area (Å²) in [6.07, 6.45) is 0. The molecule has 2 nitrogen and oxygen atoms in total. The molecular weight excluding hydrogens is 172 g/mol. The summed E-state index contributed by atoms with van der Waals surface area (Å²) in [6.45, 7) is 2.17. The van der Waals surface area contributed by atoms with Crippen molar-refractivity contribution in [3.8, 4) is 0 Å². The van der Waals surface area contributed by atoms with Crippen molar-refractivity contribution in [1.82, 2.24) is 0 Å². The minimum Gasteiger partial charge on any atom is -0.780 e. The molecule has 0 spiro atoms. The van der Waals surface area contributed by atoms with Gasteiger partial charge in [-0.3, -0.25) is 0 Å². The average Bonchev–Trinajstić information content (AvgIpc) is 2.06. The summed E-state index contributed by atoms with van der Waals surface area (Å²) in [6, 6.07) is 6.75. The highest BCUT2D eigenvalue weighted by molar-refractivity contribution is 7.58. The summed E-state index contributed by atoms with van der Waals surface area (Å²) in [7, 11) is 0. The second-order valence-corrected chi connectivity index (χ2v) is 2.72. The maximum absolute atomic E-state index is 11.1. The molecule has 0 saturated carbocycles. The predicted octanol–water partition coefficient (Wildman–Crippen LogP) is 1.77. The Labute approximate surface area is 77.0 Å². The van der Waals surface area contributed by atoms with E-state index in [4.69, 9.17) is 17.4 Å². The fourth-order valence-electron chi connectivity index (χ4n) is 0.805. The molecule has 0 atom stereocenters. The summed E-state index contributed by atoms with van der Waals surface area (Å²) in [5.41, 5.74) is 0.547. The van der Waals surface area contributed by atoms with Gasteiger partial charge in [0, 0.05) is 0 Å². The lowest BCUT2D eigenvalue weighted by atomic mass is 10.2. The van der Waals surface area contributed by atoms with Crippen LogP contribution in [0.5, 0.6) is 0 Å². The van der Waals surface area contributed by atoms with Crippen LogP contribution in [0.3, 0.4) is 0 Å². The minimum absolute atomic E-state index is 0.299. The Kier molecular flexibility index (Phi) is 3.05. The fourth-order valence-corrected chi connectivity index (χ4v) is 0.942. The van der Waals surface area contributed by atoms with Crippen molar-refractivity contribution in [3.63, 3.8) is 0 Å². The molecule has 1 aromatic rings. The van der Waals surface area contributed by atoms with Crippen LogP contribution >= 0.6 is 0 Å². The molecule has 0 aromatic heterocycles. The highest BCUT2D eigenvalue weighted by Gasteiger charge is 2.02. The van der Waals surface area contributed by atoms with Crippen LogP contribution in [-0.4, -0.2) is 12.6 Å². The van der Waals surface area contributed by atoms with Crippen molar-refractivity contribution < 1.29 is 9.53 Å². The fraction of sp³-hybridized carbons (Fsp3) is 0.222. The summed E-state index contributed by atoms with van der Waals surface area (Å²) < 4.78 is 4.79. The molecule has 1 aromatic carbocycles. The van der Waals surface area contributed by atoms with E-state index in [9.17, 15) is 4.79 Å². The van der Waals surface area contributed by atoms with E-state index in [1.807, 2.05) is 0 Å². The second-order valence-electron chi connectivity index (χ2n) is 2.24. The largest absolute Gasteiger partial charge is 0.780 e. The Morgan fingerprint density at radius 3 is 2.50 bits per heavy atom. The zero-order valence-electron chi connectivity index (χ0n) is 6.74. The minimum atomic E-state index is -0.299. The number of esters is 1. The number of rotatable bonds is 2. The van der Waals surface area contributed by atoms with Gasteiger partial charge >= 0.3 is 5.97 Å². The molecule has 0 radical (unpaired) electrons. The molecule has 0 amide bonds. The van der Waals surface area contributed by atoms with Crippen LogP contribution < -0.4 is 0 Å². The lowest BCUT2D eigenvalue weighted by molar-refractivity contribution is 0.0526. The van der Waals surface area contributed by atoms with Gasteiger partial charge in [-0.1, -0.05) is 12.1 Å². The third kappa shape index (κ3) is 2.20. The second kappa shape index (κ2) is 4.07. The number of hydrogen-bond donors (Lipinski definition) is 0. The van der Waals surface area contributed by atoms with Crippen LogP contribution in [0.15, 0.2) is 29.2 Å². The summed E-state index contributed by atoms with van der Waals surface area (Å²) >= 11 is 4.87. The molecule has 1 rings (SSSR count). The average molecular weight is 181 g/mol. The van der Waals surface area contributed by atoms with E-state index >= 15 is 0 Å². The number of ether oxygens (including phenoxy) is 1. The number of carbonyl (C=O) groups excluding carboxylic acids is 1. The summed E-state index contributed by atoms with van der Waals surface area (Å²) in [5, 5.41) is 0. The Balaban J connectivity index is 2.75. The first-order chi connectivity index (χ1) is 5.74. The van der Waals surface area contributed by atoms with Gasteiger partial charge in [-0.25, -0.2) is 4.79 Å². The number of carbonyl (C=O) groups is 1. The zero-order valence-corrected chi connectivity index (χ0v) is 7.56. The van der Waals surface area contributed by atoms with Gasteiger partial charge in [0.05, 0.1) is 12.2 Å². The van der Waals surface area contributed by atoms with Gasteiger partial charge in [0.2, 0.25) is 0 Å². The van der Waals surface area contributed by atoms with Gasteiger partial charge in [-0.05, 0) is 19.1 Å².